The summed E-state index contributed by atoms with van der Waals surface area (Å²) >= 11 is 5.90. The molecule has 0 N–H and O–H groups in total. The Kier molecular flexibility index (Phi) is 3.93. The van der Waals surface area contributed by atoms with E-state index in [-0.39, 0.29) is 17.4 Å². The molecule has 1 aromatic heterocycles. The molecule has 124 valence electrons. The molecule has 0 aliphatic carbocycles. The second-order valence-electron chi connectivity index (χ2n) is 6.80. The Labute approximate surface area is 145 Å². The van der Waals surface area contributed by atoms with Gasteiger partial charge in [0.15, 0.2) is 0 Å². The van der Waals surface area contributed by atoms with Crippen molar-refractivity contribution in [3.8, 4) is 0 Å². The van der Waals surface area contributed by atoms with E-state index in [4.69, 9.17) is 11.6 Å². The standard InChI is InChI=1S/C19H19ClN2O2/c20-16-6-4-13(5-7-16)9-19(24)21-10-14-8-15(12-21)17-2-1-3-18(23)22(17)11-14/h1-7,14-15H,8-12H2/t14-,15+/m0/s1. The molecule has 1 saturated heterocycles. The predicted molar refractivity (Wildman–Crippen MR) is 93.3 cm³/mol. The van der Waals surface area contributed by atoms with Crippen LogP contribution in [-0.4, -0.2) is 28.5 Å². The first-order chi connectivity index (χ1) is 11.6. The van der Waals surface area contributed by atoms with E-state index >= 15 is 0 Å². The fourth-order valence-electron chi connectivity index (χ4n) is 3.99. The highest BCUT2D eigenvalue weighted by Gasteiger charge is 2.35. The van der Waals surface area contributed by atoms with Gasteiger partial charge in [0.05, 0.1) is 6.42 Å². The van der Waals surface area contributed by atoms with Crippen LogP contribution in [0.1, 0.15) is 23.6 Å². The Hall–Kier alpha value is -2.07. The van der Waals surface area contributed by atoms with Crippen molar-refractivity contribution in [3.63, 3.8) is 0 Å². The smallest absolute Gasteiger partial charge is 0.250 e. The molecule has 0 unspecified atom stereocenters. The maximum atomic E-state index is 12.7. The lowest BCUT2D eigenvalue weighted by Crippen LogP contribution is -2.49. The number of halogens is 1. The van der Waals surface area contributed by atoms with Gasteiger partial charge in [-0.1, -0.05) is 29.8 Å². The van der Waals surface area contributed by atoms with Gasteiger partial charge >= 0.3 is 0 Å². The second kappa shape index (κ2) is 6.10. The third-order valence-corrected chi connectivity index (χ3v) is 5.35. The topological polar surface area (TPSA) is 42.3 Å². The number of hydrogen-bond acceptors (Lipinski definition) is 2. The molecule has 1 fully saturated rings. The Morgan fingerprint density at radius 3 is 2.67 bits per heavy atom. The maximum Gasteiger partial charge on any atom is 0.250 e. The first-order valence-corrected chi connectivity index (χ1v) is 8.70. The summed E-state index contributed by atoms with van der Waals surface area (Å²) in [7, 11) is 0. The number of aromatic nitrogens is 1. The highest BCUT2D eigenvalue weighted by molar-refractivity contribution is 6.30. The van der Waals surface area contributed by atoms with E-state index in [1.54, 1.807) is 6.07 Å². The average molecular weight is 343 g/mol. The summed E-state index contributed by atoms with van der Waals surface area (Å²) in [5.74, 6) is 0.782. The summed E-state index contributed by atoms with van der Waals surface area (Å²) in [6, 6.07) is 12.9. The SMILES string of the molecule is O=C(Cc1ccc(Cl)cc1)N1C[C@@H]2C[C@H](C1)c1cccc(=O)n1C2. The minimum Gasteiger partial charge on any atom is -0.341 e. The summed E-state index contributed by atoms with van der Waals surface area (Å²) in [6.07, 6.45) is 1.46. The van der Waals surface area contributed by atoms with E-state index < -0.39 is 0 Å². The number of rotatable bonds is 2. The van der Waals surface area contributed by atoms with Crippen LogP contribution in [0.4, 0.5) is 0 Å². The van der Waals surface area contributed by atoms with Crippen LogP contribution in [0.3, 0.4) is 0 Å². The summed E-state index contributed by atoms with van der Waals surface area (Å²) < 4.78 is 1.89. The van der Waals surface area contributed by atoms with Crippen LogP contribution in [0.15, 0.2) is 47.3 Å². The zero-order chi connectivity index (χ0) is 16.7. The van der Waals surface area contributed by atoms with Crippen molar-refractivity contribution in [1.82, 2.24) is 9.47 Å². The van der Waals surface area contributed by atoms with Crippen molar-refractivity contribution in [1.29, 1.82) is 0 Å². The van der Waals surface area contributed by atoms with E-state index in [2.05, 4.69) is 0 Å². The molecule has 4 rings (SSSR count). The zero-order valence-electron chi connectivity index (χ0n) is 13.3. The Bertz CT molecular complexity index is 828. The van der Waals surface area contributed by atoms with Crippen molar-refractivity contribution in [3.05, 3.63) is 69.1 Å². The van der Waals surface area contributed by atoms with Gasteiger partial charge in [-0.2, -0.15) is 0 Å². The fraction of sp³-hybridized carbons (Fsp3) is 0.368. The van der Waals surface area contributed by atoms with Crippen molar-refractivity contribution >= 4 is 17.5 Å². The number of carbonyl (C=O) groups is 1. The number of nitrogens with zero attached hydrogens (tertiary/aromatic N) is 2. The second-order valence-corrected chi connectivity index (χ2v) is 7.24. The molecule has 1 amide bonds. The minimum atomic E-state index is 0.0724. The molecule has 2 aliphatic rings. The van der Waals surface area contributed by atoms with Gasteiger partial charge in [0.2, 0.25) is 5.91 Å². The number of hydrogen-bond donors (Lipinski definition) is 0. The molecule has 5 heteroatoms. The third kappa shape index (κ3) is 2.86. The molecule has 0 spiro atoms. The molecule has 24 heavy (non-hydrogen) atoms. The summed E-state index contributed by atoms with van der Waals surface area (Å²) in [5.41, 5.74) is 2.13. The predicted octanol–water partition coefficient (Wildman–Crippen LogP) is 2.69. The van der Waals surface area contributed by atoms with E-state index in [1.165, 1.54) is 0 Å². The number of carbonyl (C=O) groups excluding carboxylic acids is 1. The van der Waals surface area contributed by atoms with Crippen LogP contribution < -0.4 is 5.56 Å². The van der Waals surface area contributed by atoms with E-state index in [0.717, 1.165) is 30.8 Å². The van der Waals surface area contributed by atoms with Crippen molar-refractivity contribution in [2.75, 3.05) is 13.1 Å². The first kappa shape index (κ1) is 15.5. The third-order valence-electron chi connectivity index (χ3n) is 5.10. The Morgan fingerprint density at radius 2 is 1.88 bits per heavy atom. The lowest BCUT2D eigenvalue weighted by atomic mass is 9.83. The number of piperidine rings is 1. The normalized spacial score (nSPS) is 22.1. The number of benzene rings is 1. The highest BCUT2D eigenvalue weighted by atomic mass is 35.5. The summed E-state index contributed by atoms with van der Waals surface area (Å²) in [5, 5.41) is 0.681. The lowest BCUT2D eigenvalue weighted by Gasteiger charge is -2.42. The monoisotopic (exact) mass is 342 g/mol. The number of amides is 1. The van der Waals surface area contributed by atoms with Crippen molar-refractivity contribution in [2.24, 2.45) is 5.92 Å². The molecule has 1 aromatic carbocycles. The lowest BCUT2D eigenvalue weighted by molar-refractivity contribution is -0.133. The van der Waals surface area contributed by atoms with Gasteiger partial charge in [-0.05, 0) is 36.1 Å². The summed E-state index contributed by atoms with van der Waals surface area (Å²) in [6.45, 7) is 2.16. The molecule has 2 aliphatic heterocycles. The van der Waals surface area contributed by atoms with Crippen LogP contribution in [-0.2, 0) is 17.8 Å². The largest absolute Gasteiger partial charge is 0.341 e. The zero-order valence-corrected chi connectivity index (χ0v) is 14.1. The molecule has 2 bridgehead atoms. The van der Waals surface area contributed by atoms with Crippen molar-refractivity contribution < 1.29 is 4.79 Å². The quantitative estimate of drug-likeness (QED) is 0.842. The molecular formula is C19H19ClN2O2. The molecule has 3 heterocycles. The first-order valence-electron chi connectivity index (χ1n) is 8.32. The van der Waals surface area contributed by atoms with Crippen LogP contribution in [0, 0.1) is 5.92 Å². The van der Waals surface area contributed by atoms with Gasteiger partial charge in [0.1, 0.15) is 0 Å². The van der Waals surface area contributed by atoms with E-state index in [9.17, 15) is 9.59 Å². The summed E-state index contributed by atoms with van der Waals surface area (Å²) in [4.78, 5) is 26.7. The number of fused-ring (bicyclic) bond motifs is 4. The van der Waals surface area contributed by atoms with Crippen LogP contribution >= 0.6 is 11.6 Å². The van der Waals surface area contributed by atoms with Gasteiger partial charge < -0.3 is 9.47 Å². The number of pyridine rings is 1. The van der Waals surface area contributed by atoms with Gasteiger partial charge in [0.25, 0.3) is 5.56 Å². The van der Waals surface area contributed by atoms with Gasteiger partial charge in [-0.3, -0.25) is 9.59 Å². The molecule has 0 radical (unpaired) electrons. The van der Waals surface area contributed by atoms with Crippen LogP contribution in [0.25, 0.3) is 0 Å². The number of likely N-dealkylation sites (tertiary alicyclic amines) is 1. The molecule has 0 saturated carbocycles. The molecule has 4 nitrogen and oxygen atoms in total. The Balaban J connectivity index is 1.52. The molecule has 2 aromatic rings. The van der Waals surface area contributed by atoms with Gasteiger partial charge in [-0.25, -0.2) is 0 Å². The maximum absolute atomic E-state index is 12.7. The van der Waals surface area contributed by atoms with Gasteiger partial charge in [-0.15, -0.1) is 0 Å². The van der Waals surface area contributed by atoms with Crippen molar-refractivity contribution in [2.45, 2.75) is 25.3 Å². The van der Waals surface area contributed by atoms with E-state index in [0.29, 0.717) is 23.9 Å². The molecule has 2 atom stereocenters. The minimum absolute atomic E-state index is 0.0724. The van der Waals surface area contributed by atoms with E-state index in [1.807, 2.05) is 45.9 Å². The fourth-order valence-corrected chi connectivity index (χ4v) is 4.11. The van der Waals surface area contributed by atoms with Gasteiger partial charge in [0, 0.05) is 42.3 Å². The van der Waals surface area contributed by atoms with Crippen LogP contribution in [0.5, 0.6) is 0 Å². The Morgan fingerprint density at radius 1 is 1.08 bits per heavy atom. The average Bonchev–Trinajstić information content (AvgIpc) is 2.58. The molecular weight excluding hydrogens is 324 g/mol. The van der Waals surface area contributed by atoms with Crippen LogP contribution in [0.2, 0.25) is 5.02 Å². The highest BCUT2D eigenvalue weighted by Crippen LogP contribution is 2.35.